The number of hydrogen-bond acceptors (Lipinski definition) is 4. The smallest absolute Gasteiger partial charge is 0.337 e. The molecule has 1 aromatic carbocycles. The first kappa shape index (κ1) is 17.7. The molecule has 1 aliphatic rings. The predicted octanol–water partition coefficient (Wildman–Crippen LogP) is 2.95. The Bertz CT molecular complexity index is 707. The number of hydrogen-bond donors (Lipinski definition) is 1. The Morgan fingerprint density at radius 3 is 2.70 bits per heavy atom. The summed E-state index contributed by atoms with van der Waals surface area (Å²) in [6.45, 7) is 2.07. The van der Waals surface area contributed by atoms with E-state index >= 15 is 0 Å². The average molecular weight is 337 g/mol. The molecule has 0 aromatic heterocycles. The maximum atomic E-state index is 12.4. The molecule has 0 saturated heterocycles. The lowest BCUT2D eigenvalue weighted by molar-refractivity contribution is 0.0600. The fourth-order valence-corrected chi connectivity index (χ4v) is 4.01. The number of ether oxygens (including phenoxy) is 1. The molecule has 126 valence electrons. The molecule has 2 rings (SSSR count). The van der Waals surface area contributed by atoms with Gasteiger partial charge in [-0.3, -0.25) is 0 Å². The number of nitrogens with one attached hydrogen (secondary N) is 1. The first-order valence-corrected chi connectivity index (χ1v) is 9.29. The molecular formula is C17H23NO4S. The van der Waals surface area contributed by atoms with Crippen molar-refractivity contribution in [1.29, 1.82) is 0 Å². The van der Waals surface area contributed by atoms with Gasteiger partial charge in [-0.2, -0.15) is 0 Å². The summed E-state index contributed by atoms with van der Waals surface area (Å²) in [5, 5.41) is 0. The van der Waals surface area contributed by atoms with Crippen LogP contribution in [0.2, 0.25) is 0 Å². The maximum Gasteiger partial charge on any atom is 0.337 e. The van der Waals surface area contributed by atoms with Gasteiger partial charge in [0.2, 0.25) is 10.0 Å². The van der Waals surface area contributed by atoms with Crippen LogP contribution in [0.1, 0.15) is 48.0 Å². The van der Waals surface area contributed by atoms with E-state index in [-0.39, 0.29) is 4.90 Å². The topological polar surface area (TPSA) is 72.5 Å². The van der Waals surface area contributed by atoms with E-state index in [1.54, 1.807) is 6.92 Å². The van der Waals surface area contributed by atoms with E-state index in [4.69, 9.17) is 0 Å². The van der Waals surface area contributed by atoms with E-state index < -0.39 is 16.0 Å². The molecule has 0 unspecified atom stereocenters. The van der Waals surface area contributed by atoms with Crippen molar-refractivity contribution in [3.05, 3.63) is 41.0 Å². The molecule has 0 fully saturated rings. The van der Waals surface area contributed by atoms with Gasteiger partial charge >= 0.3 is 5.97 Å². The highest BCUT2D eigenvalue weighted by Gasteiger charge is 2.18. The third kappa shape index (κ3) is 4.65. The SMILES string of the molecule is COC(=O)c1ccc(S(=O)(=O)NCCC2=CCCCC2)c(C)c1. The fraction of sp³-hybridized carbons (Fsp3) is 0.471. The minimum atomic E-state index is -3.57. The van der Waals surface area contributed by atoms with Crippen molar-refractivity contribution in [3.63, 3.8) is 0 Å². The molecule has 23 heavy (non-hydrogen) atoms. The normalized spacial score (nSPS) is 15.1. The molecule has 0 spiro atoms. The number of sulfonamides is 1. The minimum Gasteiger partial charge on any atom is -0.465 e. The van der Waals surface area contributed by atoms with Crippen LogP contribution in [-0.4, -0.2) is 28.0 Å². The second kappa shape index (κ2) is 7.75. The van der Waals surface area contributed by atoms with Crippen LogP contribution in [0.4, 0.5) is 0 Å². The highest BCUT2D eigenvalue weighted by atomic mass is 32.2. The van der Waals surface area contributed by atoms with Crippen LogP contribution < -0.4 is 4.72 Å². The Balaban J connectivity index is 2.04. The molecule has 5 nitrogen and oxygen atoms in total. The van der Waals surface area contributed by atoms with Gasteiger partial charge in [0.25, 0.3) is 0 Å². The molecule has 6 heteroatoms. The second-order valence-corrected chi connectivity index (χ2v) is 7.46. The van der Waals surface area contributed by atoms with Crippen molar-refractivity contribution in [2.75, 3.05) is 13.7 Å². The summed E-state index contributed by atoms with van der Waals surface area (Å²) in [6.07, 6.45) is 7.53. The first-order chi connectivity index (χ1) is 10.9. The number of carbonyl (C=O) groups excluding carboxylic acids is 1. The number of benzene rings is 1. The summed E-state index contributed by atoms with van der Waals surface area (Å²) in [6, 6.07) is 4.45. The standard InChI is InChI=1S/C17H23NO4S/c1-13-12-15(17(19)22-2)8-9-16(13)23(20,21)18-11-10-14-6-4-3-5-7-14/h6,8-9,12,18H,3-5,7,10-11H2,1-2H3. The van der Waals surface area contributed by atoms with Crippen LogP contribution in [0.3, 0.4) is 0 Å². The highest BCUT2D eigenvalue weighted by molar-refractivity contribution is 7.89. The van der Waals surface area contributed by atoms with Gasteiger partial charge in [-0.15, -0.1) is 0 Å². The van der Waals surface area contributed by atoms with Crippen molar-refractivity contribution in [3.8, 4) is 0 Å². The third-order valence-corrected chi connectivity index (χ3v) is 5.63. The summed E-state index contributed by atoms with van der Waals surface area (Å²) in [7, 11) is -2.27. The van der Waals surface area contributed by atoms with E-state index in [1.807, 2.05) is 0 Å². The van der Waals surface area contributed by atoms with Crippen molar-refractivity contribution in [2.45, 2.75) is 43.9 Å². The highest BCUT2D eigenvalue weighted by Crippen LogP contribution is 2.20. The lowest BCUT2D eigenvalue weighted by atomic mass is 9.97. The number of esters is 1. The van der Waals surface area contributed by atoms with Gasteiger partial charge < -0.3 is 4.74 Å². The van der Waals surface area contributed by atoms with Crippen LogP contribution in [-0.2, 0) is 14.8 Å². The Morgan fingerprint density at radius 1 is 1.30 bits per heavy atom. The molecule has 1 aliphatic carbocycles. The van der Waals surface area contributed by atoms with Gasteiger partial charge in [-0.05, 0) is 62.8 Å². The lowest BCUT2D eigenvalue weighted by Gasteiger charge is -2.14. The molecule has 0 amide bonds. The van der Waals surface area contributed by atoms with Crippen LogP contribution in [0.5, 0.6) is 0 Å². The zero-order valence-corrected chi connectivity index (χ0v) is 14.4. The minimum absolute atomic E-state index is 0.197. The number of rotatable bonds is 6. The zero-order valence-electron chi connectivity index (χ0n) is 13.6. The number of aryl methyl sites for hydroxylation is 1. The summed E-state index contributed by atoms with van der Waals surface area (Å²) in [5.41, 5.74) is 2.20. The van der Waals surface area contributed by atoms with Gasteiger partial charge in [-0.25, -0.2) is 17.9 Å². The molecular weight excluding hydrogens is 314 g/mol. The largest absolute Gasteiger partial charge is 0.465 e. The summed E-state index contributed by atoms with van der Waals surface area (Å²) in [4.78, 5) is 11.7. The third-order valence-electron chi connectivity index (χ3n) is 4.01. The molecule has 0 saturated carbocycles. The molecule has 0 bridgehead atoms. The molecule has 0 heterocycles. The van der Waals surface area contributed by atoms with Crippen molar-refractivity contribution < 1.29 is 17.9 Å². The Labute approximate surface area is 137 Å². The van der Waals surface area contributed by atoms with E-state index in [1.165, 1.54) is 43.7 Å². The van der Waals surface area contributed by atoms with Gasteiger partial charge in [0.1, 0.15) is 0 Å². The zero-order chi connectivity index (χ0) is 16.9. The van der Waals surface area contributed by atoms with E-state index in [0.29, 0.717) is 17.7 Å². The fourth-order valence-electron chi connectivity index (χ4n) is 2.75. The molecule has 1 N–H and O–H groups in total. The summed E-state index contributed by atoms with van der Waals surface area (Å²) < 4.78 is 32.1. The first-order valence-electron chi connectivity index (χ1n) is 7.80. The summed E-state index contributed by atoms with van der Waals surface area (Å²) >= 11 is 0. The van der Waals surface area contributed by atoms with E-state index in [2.05, 4.69) is 15.5 Å². The number of methoxy groups -OCH3 is 1. The van der Waals surface area contributed by atoms with Crippen LogP contribution in [0.15, 0.2) is 34.7 Å². The van der Waals surface area contributed by atoms with Crippen LogP contribution in [0.25, 0.3) is 0 Å². The van der Waals surface area contributed by atoms with Crippen molar-refractivity contribution in [1.82, 2.24) is 4.72 Å². The van der Waals surface area contributed by atoms with Gasteiger partial charge in [-0.1, -0.05) is 11.6 Å². The van der Waals surface area contributed by atoms with E-state index in [9.17, 15) is 13.2 Å². The van der Waals surface area contributed by atoms with Gasteiger partial charge in [0.15, 0.2) is 0 Å². The van der Waals surface area contributed by atoms with Crippen LogP contribution >= 0.6 is 0 Å². The molecule has 0 aliphatic heterocycles. The lowest BCUT2D eigenvalue weighted by Crippen LogP contribution is -2.26. The predicted molar refractivity (Wildman–Crippen MR) is 88.9 cm³/mol. The Kier molecular flexibility index (Phi) is 5.96. The van der Waals surface area contributed by atoms with Crippen molar-refractivity contribution in [2.24, 2.45) is 0 Å². The number of carbonyl (C=O) groups is 1. The molecule has 0 radical (unpaired) electrons. The Morgan fingerprint density at radius 2 is 2.09 bits per heavy atom. The number of allylic oxidation sites excluding steroid dienone is 1. The quantitative estimate of drug-likeness (QED) is 0.640. The van der Waals surface area contributed by atoms with Crippen LogP contribution in [0, 0.1) is 6.92 Å². The second-order valence-electron chi connectivity index (χ2n) is 5.73. The Hall–Kier alpha value is -1.66. The van der Waals surface area contributed by atoms with E-state index in [0.717, 1.165) is 19.3 Å². The van der Waals surface area contributed by atoms with Gasteiger partial charge in [0.05, 0.1) is 17.6 Å². The molecule has 1 aromatic rings. The molecule has 0 atom stereocenters. The van der Waals surface area contributed by atoms with Crippen molar-refractivity contribution >= 4 is 16.0 Å². The maximum absolute atomic E-state index is 12.4. The summed E-state index contributed by atoms with van der Waals surface area (Å²) in [5.74, 6) is -0.478. The van der Waals surface area contributed by atoms with Gasteiger partial charge in [0, 0.05) is 6.54 Å². The monoisotopic (exact) mass is 337 g/mol. The average Bonchev–Trinajstić information content (AvgIpc) is 2.54.